The van der Waals surface area contributed by atoms with E-state index >= 15 is 0 Å². The minimum Gasteiger partial charge on any atom is -0.233 e. The first-order chi connectivity index (χ1) is 4.90. The van der Waals surface area contributed by atoms with Gasteiger partial charge in [0.15, 0.2) is 0 Å². The van der Waals surface area contributed by atoms with Crippen LogP contribution in [-0.2, 0) is 0 Å². The summed E-state index contributed by atoms with van der Waals surface area (Å²) in [5.41, 5.74) is 0. The summed E-state index contributed by atoms with van der Waals surface area (Å²) in [6.07, 6.45) is 7.44. The molecule has 1 N–H and O–H groups in total. The molecule has 0 heterocycles. The maximum Gasteiger partial charge on any atom is 0.0142 e. The molecule has 56 valence electrons. The lowest BCUT2D eigenvalue weighted by Crippen LogP contribution is -2.18. The zero-order chi connectivity index (χ0) is 6.97. The molecule has 3 atom stereocenters. The zero-order valence-corrected chi connectivity index (χ0v) is 6.64. The van der Waals surface area contributed by atoms with Gasteiger partial charge in [-0.05, 0) is 42.4 Å². The Balaban J connectivity index is 1.96. The number of hydrogen-bond donors (Lipinski definition) is 1. The lowest BCUT2D eigenvalue weighted by atomic mass is 9.94. The van der Waals surface area contributed by atoms with Gasteiger partial charge < -0.3 is 0 Å². The van der Waals surface area contributed by atoms with Crippen molar-refractivity contribution in [3.05, 3.63) is 12.2 Å². The normalized spacial score (nSPS) is 43.1. The number of fused-ring (bicyclic) bond motifs is 2. The van der Waals surface area contributed by atoms with Gasteiger partial charge >= 0.3 is 0 Å². The lowest BCUT2D eigenvalue weighted by Gasteiger charge is -2.15. The summed E-state index contributed by atoms with van der Waals surface area (Å²) in [6.45, 7) is 0.979. The van der Waals surface area contributed by atoms with Gasteiger partial charge in [0.05, 0.1) is 0 Å². The number of hydrogen-bond acceptors (Lipinski definition) is 1. The molecule has 2 rings (SSSR count). The van der Waals surface area contributed by atoms with Crippen molar-refractivity contribution in [1.29, 1.82) is 0 Å². The third kappa shape index (κ3) is 0.977. The molecular weight excluding hydrogens is 146 g/mol. The first-order valence-electron chi connectivity index (χ1n) is 3.92. The van der Waals surface area contributed by atoms with Crippen molar-refractivity contribution in [3.8, 4) is 0 Å². The van der Waals surface area contributed by atoms with Gasteiger partial charge in [-0.3, -0.25) is 0 Å². The topological polar surface area (TPSA) is 12.0 Å². The van der Waals surface area contributed by atoms with Crippen molar-refractivity contribution in [2.45, 2.75) is 12.8 Å². The summed E-state index contributed by atoms with van der Waals surface area (Å²) in [5.74, 6) is 2.52. The third-order valence-corrected chi connectivity index (χ3v) is 2.91. The molecule has 1 nitrogen and oxygen atoms in total. The van der Waals surface area contributed by atoms with Crippen LogP contribution in [0.2, 0.25) is 0 Å². The van der Waals surface area contributed by atoms with Crippen LogP contribution in [-0.4, -0.2) is 6.54 Å². The maximum atomic E-state index is 5.44. The van der Waals surface area contributed by atoms with E-state index in [-0.39, 0.29) is 0 Å². The average molecular weight is 158 g/mol. The average Bonchev–Trinajstić information content (AvgIpc) is 2.48. The molecule has 0 aromatic rings. The van der Waals surface area contributed by atoms with Crippen molar-refractivity contribution >= 4 is 11.8 Å². The van der Waals surface area contributed by atoms with E-state index in [0.717, 1.165) is 24.3 Å². The number of allylic oxidation sites excluding steroid dienone is 2. The molecule has 0 aromatic heterocycles. The molecule has 1 fully saturated rings. The van der Waals surface area contributed by atoms with Crippen LogP contribution < -0.4 is 4.84 Å². The molecule has 2 bridgehead atoms. The molecule has 0 saturated heterocycles. The molecule has 0 amide bonds. The summed E-state index contributed by atoms with van der Waals surface area (Å²) in [6, 6.07) is 0. The van der Waals surface area contributed by atoms with Gasteiger partial charge in [-0.2, -0.15) is 0 Å². The predicted molar refractivity (Wildman–Crippen MR) is 42.7 cm³/mol. The van der Waals surface area contributed by atoms with Crippen LogP contribution in [0, 0.1) is 17.8 Å². The molecule has 0 aromatic carbocycles. The fraction of sp³-hybridized carbons (Fsp3) is 0.750. The van der Waals surface area contributed by atoms with Crippen LogP contribution in [0.15, 0.2) is 12.2 Å². The Hall–Kier alpha value is -0.0100. The molecule has 0 spiro atoms. The summed E-state index contributed by atoms with van der Waals surface area (Å²) in [4.78, 5) is 2.73. The van der Waals surface area contributed by atoms with E-state index in [9.17, 15) is 0 Å². The standard InChI is InChI=1S/C8H12ClN/c9-10-5-8-4-6-1-2-7(8)3-6/h1-2,6-8,10H,3-5H2/t6?,7-,8?/m1/s1. The highest BCUT2D eigenvalue weighted by atomic mass is 35.5. The van der Waals surface area contributed by atoms with Crippen LogP contribution in [0.4, 0.5) is 0 Å². The largest absolute Gasteiger partial charge is 0.233 e. The molecule has 2 aliphatic carbocycles. The molecule has 10 heavy (non-hydrogen) atoms. The summed E-state index contributed by atoms with van der Waals surface area (Å²) in [5, 5.41) is 0. The van der Waals surface area contributed by atoms with E-state index in [2.05, 4.69) is 17.0 Å². The minimum absolute atomic E-state index is 0.812. The lowest BCUT2D eigenvalue weighted by molar-refractivity contribution is 0.447. The van der Waals surface area contributed by atoms with Gasteiger partial charge in [0.25, 0.3) is 0 Å². The van der Waals surface area contributed by atoms with E-state index in [1.165, 1.54) is 12.8 Å². The molecule has 2 unspecified atom stereocenters. The van der Waals surface area contributed by atoms with Crippen LogP contribution in [0.3, 0.4) is 0 Å². The Morgan fingerprint density at radius 1 is 1.40 bits per heavy atom. The third-order valence-electron chi connectivity index (χ3n) is 2.76. The Morgan fingerprint density at radius 3 is 2.80 bits per heavy atom. The van der Waals surface area contributed by atoms with Crippen molar-refractivity contribution in [2.24, 2.45) is 17.8 Å². The van der Waals surface area contributed by atoms with Crippen LogP contribution in [0.1, 0.15) is 12.8 Å². The van der Waals surface area contributed by atoms with E-state index in [0.29, 0.717) is 0 Å². The van der Waals surface area contributed by atoms with Crippen LogP contribution in [0.5, 0.6) is 0 Å². The van der Waals surface area contributed by atoms with Gasteiger partial charge in [-0.15, -0.1) is 0 Å². The quantitative estimate of drug-likeness (QED) is 0.477. The molecule has 0 radical (unpaired) electrons. The molecule has 2 aliphatic rings. The maximum absolute atomic E-state index is 5.44. The Morgan fingerprint density at radius 2 is 2.30 bits per heavy atom. The smallest absolute Gasteiger partial charge is 0.0142 e. The second kappa shape index (κ2) is 2.55. The highest BCUT2D eigenvalue weighted by Gasteiger charge is 2.34. The Kier molecular flexibility index (Phi) is 1.71. The van der Waals surface area contributed by atoms with Gasteiger partial charge in [0, 0.05) is 6.54 Å². The fourth-order valence-electron chi connectivity index (χ4n) is 2.23. The summed E-state index contributed by atoms with van der Waals surface area (Å²) >= 11 is 5.44. The predicted octanol–water partition coefficient (Wildman–Crippen LogP) is 1.94. The second-order valence-corrected chi connectivity index (χ2v) is 3.65. The minimum atomic E-state index is 0.812. The Bertz CT molecular complexity index is 155. The van der Waals surface area contributed by atoms with Gasteiger partial charge in [0.1, 0.15) is 0 Å². The monoisotopic (exact) mass is 157 g/mol. The van der Waals surface area contributed by atoms with E-state index in [1.807, 2.05) is 0 Å². The summed E-state index contributed by atoms with van der Waals surface area (Å²) < 4.78 is 0. The molecule has 1 saturated carbocycles. The number of halogens is 1. The highest BCUT2D eigenvalue weighted by molar-refractivity contribution is 6.13. The fourth-order valence-corrected chi connectivity index (χ4v) is 2.43. The van der Waals surface area contributed by atoms with Gasteiger partial charge in [-0.1, -0.05) is 12.2 Å². The number of rotatable bonds is 2. The van der Waals surface area contributed by atoms with E-state index in [4.69, 9.17) is 11.8 Å². The van der Waals surface area contributed by atoms with Crippen LogP contribution >= 0.6 is 11.8 Å². The van der Waals surface area contributed by atoms with Gasteiger partial charge in [-0.25, -0.2) is 4.84 Å². The molecular formula is C8H12ClN. The first-order valence-corrected chi connectivity index (χ1v) is 4.30. The number of nitrogens with one attached hydrogen (secondary N) is 1. The van der Waals surface area contributed by atoms with E-state index < -0.39 is 0 Å². The van der Waals surface area contributed by atoms with Crippen molar-refractivity contribution < 1.29 is 0 Å². The SMILES string of the molecule is ClNCC1CC2C=C[C@@H]1C2. The zero-order valence-electron chi connectivity index (χ0n) is 5.89. The second-order valence-electron chi connectivity index (χ2n) is 3.38. The van der Waals surface area contributed by atoms with Crippen molar-refractivity contribution in [2.75, 3.05) is 6.54 Å². The molecule has 2 heteroatoms. The highest BCUT2D eigenvalue weighted by Crippen LogP contribution is 2.42. The van der Waals surface area contributed by atoms with Gasteiger partial charge in [0.2, 0.25) is 0 Å². The summed E-state index contributed by atoms with van der Waals surface area (Å²) in [7, 11) is 0. The van der Waals surface area contributed by atoms with Crippen molar-refractivity contribution in [3.63, 3.8) is 0 Å². The van der Waals surface area contributed by atoms with E-state index in [1.54, 1.807) is 0 Å². The molecule has 0 aliphatic heterocycles. The van der Waals surface area contributed by atoms with Crippen molar-refractivity contribution in [1.82, 2.24) is 4.84 Å². The Labute approximate surface area is 66.6 Å². The first kappa shape index (κ1) is 6.68. The van der Waals surface area contributed by atoms with Crippen LogP contribution in [0.25, 0.3) is 0 Å².